The molecule has 6 heteroatoms. The summed E-state index contributed by atoms with van der Waals surface area (Å²) in [5, 5.41) is 5.55. The standard InChI is InChI=1S/C12H22N2O4/c1-9(8-10(15)17-5)13-6-7-14-11(16)18-12(2,3)4/h8,13H,6-7H2,1-5H3,(H,14,16). The Hall–Kier alpha value is -1.72. The Labute approximate surface area is 108 Å². The first-order chi connectivity index (χ1) is 8.24. The van der Waals surface area contributed by atoms with Crippen molar-refractivity contribution in [2.24, 2.45) is 0 Å². The summed E-state index contributed by atoms with van der Waals surface area (Å²) in [6.45, 7) is 8.04. The molecule has 0 rings (SSSR count). The first kappa shape index (κ1) is 16.3. The number of carbonyl (C=O) groups is 2. The second kappa shape index (κ2) is 7.58. The number of hydrogen-bond acceptors (Lipinski definition) is 5. The minimum absolute atomic E-state index is 0.404. The van der Waals surface area contributed by atoms with Crippen molar-refractivity contribution in [3.05, 3.63) is 11.8 Å². The molecule has 0 aliphatic carbocycles. The number of alkyl carbamates (subject to hydrolysis) is 1. The van der Waals surface area contributed by atoms with Crippen LogP contribution < -0.4 is 10.6 Å². The van der Waals surface area contributed by atoms with Gasteiger partial charge in [-0.05, 0) is 27.7 Å². The van der Waals surface area contributed by atoms with E-state index in [1.54, 1.807) is 27.7 Å². The van der Waals surface area contributed by atoms with Gasteiger partial charge in [0.05, 0.1) is 7.11 Å². The first-order valence-corrected chi connectivity index (χ1v) is 5.71. The summed E-state index contributed by atoms with van der Waals surface area (Å²) in [5.41, 5.74) is 0.172. The van der Waals surface area contributed by atoms with Crippen LogP contribution in [0.2, 0.25) is 0 Å². The summed E-state index contributed by atoms with van der Waals surface area (Å²) < 4.78 is 9.54. The van der Waals surface area contributed by atoms with E-state index in [4.69, 9.17) is 4.74 Å². The Balaban J connectivity index is 3.77. The lowest BCUT2D eigenvalue weighted by Gasteiger charge is -2.19. The predicted molar refractivity (Wildman–Crippen MR) is 68.0 cm³/mol. The lowest BCUT2D eigenvalue weighted by Crippen LogP contribution is -2.36. The molecule has 0 aromatic heterocycles. The molecule has 0 spiro atoms. The SMILES string of the molecule is COC(=O)C=C(C)NCCNC(=O)OC(C)(C)C. The topological polar surface area (TPSA) is 76.7 Å². The van der Waals surface area contributed by atoms with Crippen molar-refractivity contribution in [2.75, 3.05) is 20.2 Å². The van der Waals surface area contributed by atoms with Crippen LogP contribution in [0, 0.1) is 0 Å². The molecule has 0 aromatic rings. The maximum absolute atomic E-state index is 11.3. The lowest BCUT2D eigenvalue weighted by atomic mass is 10.2. The molecule has 0 fully saturated rings. The van der Waals surface area contributed by atoms with Crippen molar-refractivity contribution in [3.8, 4) is 0 Å². The molecule has 18 heavy (non-hydrogen) atoms. The summed E-state index contributed by atoms with van der Waals surface area (Å²) in [4.78, 5) is 22.2. The van der Waals surface area contributed by atoms with Crippen molar-refractivity contribution < 1.29 is 19.1 Å². The average molecular weight is 258 g/mol. The molecular formula is C12H22N2O4. The number of amides is 1. The van der Waals surface area contributed by atoms with E-state index in [0.717, 1.165) is 0 Å². The monoisotopic (exact) mass is 258 g/mol. The number of ether oxygens (including phenoxy) is 2. The molecule has 0 aliphatic rings. The van der Waals surface area contributed by atoms with Gasteiger partial charge < -0.3 is 20.1 Å². The minimum atomic E-state index is -0.502. The van der Waals surface area contributed by atoms with Gasteiger partial charge in [-0.25, -0.2) is 9.59 Å². The van der Waals surface area contributed by atoms with Crippen molar-refractivity contribution in [2.45, 2.75) is 33.3 Å². The molecule has 2 N–H and O–H groups in total. The van der Waals surface area contributed by atoms with Gasteiger partial charge in [-0.1, -0.05) is 0 Å². The number of nitrogens with one attached hydrogen (secondary N) is 2. The zero-order chi connectivity index (χ0) is 14.2. The molecule has 0 radical (unpaired) electrons. The summed E-state index contributed by atoms with van der Waals surface area (Å²) in [7, 11) is 1.32. The highest BCUT2D eigenvalue weighted by molar-refractivity contribution is 5.82. The molecular weight excluding hydrogens is 236 g/mol. The fraction of sp³-hybridized carbons (Fsp3) is 0.667. The fourth-order valence-corrected chi connectivity index (χ4v) is 1.03. The smallest absolute Gasteiger partial charge is 0.407 e. The minimum Gasteiger partial charge on any atom is -0.466 e. The van der Waals surface area contributed by atoms with Crippen LogP contribution in [0.5, 0.6) is 0 Å². The Bertz CT molecular complexity index is 319. The van der Waals surface area contributed by atoms with E-state index < -0.39 is 17.7 Å². The molecule has 6 nitrogen and oxygen atoms in total. The molecule has 104 valence electrons. The summed E-state index contributed by atoms with van der Waals surface area (Å²) in [6, 6.07) is 0. The average Bonchev–Trinajstić information content (AvgIpc) is 2.21. The van der Waals surface area contributed by atoms with Crippen LogP contribution >= 0.6 is 0 Å². The van der Waals surface area contributed by atoms with E-state index in [1.807, 2.05) is 0 Å². The maximum Gasteiger partial charge on any atom is 0.407 e. The molecule has 0 heterocycles. The summed E-state index contributed by atoms with van der Waals surface area (Å²) in [6.07, 6.45) is 0.881. The summed E-state index contributed by atoms with van der Waals surface area (Å²) in [5.74, 6) is -0.417. The molecule has 0 saturated heterocycles. The zero-order valence-electron chi connectivity index (χ0n) is 11.6. The van der Waals surface area contributed by atoms with Crippen LogP contribution in [0.1, 0.15) is 27.7 Å². The third kappa shape index (κ3) is 9.50. The number of rotatable bonds is 5. The van der Waals surface area contributed by atoms with Gasteiger partial charge in [0.2, 0.25) is 0 Å². The molecule has 0 unspecified atom stereocenters. The van der Waals surface area contributed by atoms with Crippen molar-refractivity contribution in [3.63, 3.8) is 0 Å². The number of esters is 1. The van der Waals surface area contributed by atoms with Gasteiger partial charge in [-0.3, -0.25) is 0 Å². The van der Waals surface area contributed by atoms with Crippen LogP contribution in [0.25, 0.3) is 0 Å². The highest BCUT2D eigenvalue weighted by Crippen LogP contribution is 2.05. The molecule has 0 aliphatic heterocycles. The Kier molecular flexibility index (Phi) is 6.85. The lowest BCUT2D eigenvalue weighted by molar-refractivity contribution is -0.134. The molecule has 0 saturated carbocycles. The molecule has 1 amide bonds. The van der Waals surface area contributed by atoms with Gasteiger partial charge in [-0.2, -0.15) is 0 Å². The maximum atomic E-state index is 11.3. The molecule has 0 atom stereocenters. The number of hydrogen-bond donors (Lipinski definition) is 2. The van der Waals surface area contributed by atoms with E-state index in [9.17, 15) is 9.59 Å². The molecule has 0 bridgehead atoms. The second-order valence-corrected chi connectivity index (χ2v) is 4.71. The third-order valence-electron chi connectivity index (χ3n) is 1.73. The Morgan fingerprint density at radius 3 is 2.22 bits per heavy atom. The van der Waals surface area contributed by atoms with Crippen LogP contribution in [0.4, 0.5) is 4.79 Å². The van der Waals surface area contributed by atoms with Gasteiger partial charge in [-0.15, -0.1) is 0 Å². The summed E-state index contributed by atoms with van der Waals surface area (Å²) >= 11 is 0. The van der Waals surface area contributed by atoms with E-state index in [1.165, 1.54) is 13.2 Å². The van der Waals surface area contributed by atoms with Gasteiger partial charge >= 0.3 is 12.1 Å². The Morgan fingerprint density at radius 2 is 1.72 bits per heavy atom. The van der Waals surface area contributed by atoms with Crippen LogP contribution in [0.15, 0.2) is 11.8 Å². The van der Waals surface area contributed by atoms with Gasteiger partial charge in [0.1, 0.15) is 5.60 Å². The van der Waals surface area contributed by atoms with E-state index in [0.29, 0.717) is 18.8 Å². The van der Waals surface area contributed by atoms with E-state index >= 15 is 0 Å². The quantitative estimate of drug-likeness (QED) is 0.440. The van der Waals surface area contributed by atoms with Gasteiger partial charge in [0.25, 0.3) is 0 Å². The Morgan fingerprint density at radius 1 is 1.17 bits per heavy atom. The highest BCUT2D eigenvalue weighted by Gasteiger charge is 2.15. The second-order valence-electron chi connectivity index (χ2n) is 4.71. The van der Waals surface area contributed by atoms with Crippen LogP contribution in [-0.2, 0) is 14.3 Å². The predicted octanol–water partition coefficient (Wildman–Crippen LogP) is 1.18. The number of carbonyl (C=O) groups excluding carboxylic acids is 2. The van der Waals surface area contributed by atoms with Crippen molar-refractivity contribution in [1.29, 1.82) is 0 Å². The number of allylic oxidation sites excluding steroid dienone is 1. The van der Waals surface area contributed by atoms with E-state index in [2.05, 4.69) is 15.4 Å². The van der Waals surface area contributed by atoms with E-state index in [-0.39, 0.29) is 0 Å². The van der Waals surface area contributed by atoms with Crippen LogP contribution in [-0.4, -0.2) is 37.9 Å². The fourth-order valence-electron chi connectivity index (χ4n) is 1.03. The normalized spacial score (nSPS) is 11.7. The first-order valence-electron chi connectivity index (χ1n) is 5.71. The van der Waals surface area contributed by atoms with Crippen molar-refractivity contribution in [1.82, 2.24) is 10.6 Å². The third-order valence-corrected chi connectivity index (χ3v) is 1.73. The van der Waals surface area contributed by atoms with Gasteiger partial charge in [0, 0.05) is 24.9 Å². The number of methoxy groups -OCH3 is 1. The highest BCUT2D eigenvalue weighted by atomic mass is 16.6. The van der Waals surface area contributed by atoms with Crippen LogP contribution in [0.3, 0.4) is 0 Å². The van der Waals surface area contributed by atoms with Crippen molar-refractivity contribution >= 4 is 12.1 Å². The zero-order valence-corrected chi connectivity index (χ0v) is 11.6. The largest absolute Gasteiger partial charge is 0.466 e. The molecule has 0 aromatic carbocycles. The van der Waals surface area contributed by atoms with Gasteiger partial charge in [0.15, 0.2) is 0 Å².